The second kappa shape index (κ2) is 4.42. The Bertz CT molecular complexity index is 510. The highest BCUT2D eigenvalue weighted by Crippen LogP contribution is 2.36. The van der Waals surface area contributed by atoms with Crippen LogP contribution in [0.3, 0.4) is 0 Å². The van der Waals surface area contributed by atoms with Crippen molar-refractivity contribution in [3.8, 4) is 0 Å². The molecule has 1 aromatic rings. The Kier molecular flexibility index (Phi) is 3.27. The second-order valence-corrected chi connectivity index (χ2v) is 7.18. The predicted octanol–water partition coefficient (Wildman–Crippen LogP) is 1.40. The van der Waals surface area contributed by atoms with Crippen LogP contribution in [-0.2, 0) is 15.3 Å². The summed E-state index contributed by atoms with van der Waals surface area (Å²) >= 11 is 0. The van der Waals surface area contributed by atoms with Crippen LogP contribution in [0.1, 0.15) is 24.0 Å². The Balaban J connectivity index is 2.48. The molecule has 94 valence electrons. The van der Waals surface area contributed by atoms with Gasteiger partial charge in [-0.3, -0.25) is 0 Å². The molecule has 1 aliphatic heterocycles. The fourth-order valence-corrected chi connectivity index (χ4v) is 4.84. The average Bonchev–Trinajstić information content (AvgIpc) is 2.28. The molecule has 0 radical (unpaired) electrons. The highest BCUT2D eigenvalue weighted by molar-refractivity contribution is 7.91. The third kappa shape index (κ3) is 2.38. The maximum Gasteiger partial charge on any atom is 0.151 e. The molecular formula is C13H19NO2S. The van der Waals surface area contributed by atoms with Crippen LogP contribution in [0.4, 0.5) is 0 Å². The molecule has 1 heterocycles. The molecule has 0 aliphatic carbocycles. The fourth-order valence-electron chi connectivity index (χ4n) is 2.85. The zero-order valence-corrected chi connectivity index (χ0v) is 11.0. The van der Waals surface area contributed by atoms with Crippen LogP contribution in [0.15, 0.2) is 24.3 Å². The first-order chi connectivity index (χ1) is 7.99. The van der Waals surface area contributed by atoms with Crippen molar-refractivity contribution >= 4 is 9.84 Å². The molecule has 0 spiro atoms. The molecule has 4 heteroatoms. The third-order valence-corrected chi connectivity index (χ3v) is 5.62. The summed E-state index contributed by atoms with van der Waals surface area (Å²) < 4.78 is 23.7. The first kappa shape index (κ1) is 12.6. The maximum absolute atomic E-state index is 11.9. The van der Waals surface area contributed by atoms with E-state index < -0.39 is 9.84 Å². The normalized spacial score (nSPS) is 27.9. The summed E-state index contributed by atoms with van der Waals surface area (Å²) in [4.78, 5) is 0. The zero-order valence-electron chi connectivity index (χ0n) is 10.1. The van der Waals surface area contributed by atoms with Crippen LogP contribution < -0.4 is 5.73 Å². The number of benzene rings is 1. The Morgan fingerprint density at radius 2 is 2.06 bits per heavy atom. The number of sulfone groups is 1. The van der Waals surface area contributed by atoms with Gasteiger partial charge in [0.2, 0.25) is 0 Å². The van der Waals surface area contributed by atoms with Crippen LogP contribution in [0, 0.1) is 6.92 Å². The van der Waals surface area contributed by atoms with Gasteiger partial charge in [-0.1, -0.05) is 24.3 Å². The summed E-state index contributed by atoms with van der Waals surface area (Å²) in [6, 6.07) is 7.97. The Hall–Kier alpha value is -0.870. The van der Waals surface area contributed by atoms with Crippen LogP contribution in [0.25, 0.3) is 0 Å². The predicted molar refractivity (Wildman–Crippen MR) is 69.8 cm³/mol. The van der Waals surface area contributed by atoms with Gasteiger partial charge in [0.05, 0.1) is 11.5 Å². The van der Waals surface area contributed by atoms with Crippen molar-refractivity contribution < 1.29 is 8.42 Å². The minimum Gasteiger partial charge on any atom is -0.330 e. The van der Waals surface area contributed by atoms with Crippen molar-refractivity contribution in [3.63, 3.8) is 0 Å². The third-order valence-electron chi connectivity index (χ3n) is 3.71. The lowest BCUT2D eigenvalue weighted by Crippen LogP contribution is -2.46. The van der Waals surface area contributed by atoms with Gasteiger partial charge in [-0.15, -0.1) is 0 Å². The summed E-state index contributed by atoms with van der Waals surface area (Å²) in [5.41, 5.74) is 7.76. The molecule has 0 bridgehead atoms. The van der Waals surface area contributed by atoms with Crippen LogP contribution >= 0.6 is 0 Å². The van der Waals surface area contributed by atoms with Gasteiger partial charge in [0.15, 0.2) is 9.84 Å². The molecule has 0 aromatic heterocycles. The first-order valence-electron chi connectivity index (χ1n) is 5.96. The Labute approximate surface area is 103 Å². The standard InChI is InChI=1S/C13H19NO2S/c1-11-5-2-3-6-12(11)13(9-14)7-4-8-17(15,16)10-13/h2-3,5-6H,4,7-10,14H2,1H3. The lowest BCUT2D eigenvalue weighted by molar-refractivity contribution is 0.416. The van der Waals surface area contributed by atoms with Crippen LogP contribution in [0.5, 0.6) is 0 Å². The summed E-state index contributed by atoms with van der Waals surface area (Å²) in [6.07, 6.45) is 1.58. The average molecular weight is 253 g/mol. The zero-order chi connectivity index (χ0) is 12.5. The van der Waals surface area contributed by atoms with Crippen molar-refractivity contribution in [1.82, 2.24) is 0 Å². The molecular weight excluding hydrogens is 234 g/mol. The van der Waals surface area contributed by atoms with Gasteiger partial charge in [-0.05, 0) is 30.9 Å². The highest BCUT2D eigenvalue weighted by Gasteiger charge is 2.39. The first-order valence-corrected chi connectivity index (χ1v) is 7.78. The Morgan fingerprint density at radius 3 is 2.65 bits per heavy atom. The summed E-state index contributed by atoms with van der Waals surface area (Å²) in [5.74, 6) is 0.502. The van der Waals surface area contributed by atoms with Gasteiger partial charge in [0.25, 0.3) is 0 Å². The molecule has 17 heavy (non-hydrogen) atoms. The molecule has 1 saturated heterocycles. The van der Waals surface area contributed by atoms with Gasteiger partial charge < -0.3 is 5.73 Å². The highest BCUT2D eigenvalue weighted by atomic mass is 32.2. The van der Waals surface area contributed by atoms with E-state index in [4.69, 9.17) is 5.73 Å². The van der Waals surface area contributed by atoms with Crippen molar-refractivity contribution in [1.29, 1.82) is 0 Å². The maximum atomic E-state index is 11.9. The topological polar surface area (TPSA) is 60.2 Å². The van der Waals surface area contributed by atoms with E-state index in [-0.39, 0.29) is 11.2 Å². The van der Waals surface area contributed by atoms with Gasteiger partial charge in [0.1, 0.15) is 0 Å². The number of hydrogen-bond donors (Lipinski definition) is 1. The summed E-state index contributed by atoms with van der Waals surface area (Å²) in [5, 5.41) is 0. The minimum atomic E-state index is -2.95. The number of hydrogen-bond acceptors (Lipinski definition) is 3. The molecule has 1 unspecified atom stereocenters. The molecule has 0 amide bonds. The summed E-state index contributed by atoms with van der Waals surface area (Å²) in [7, 11) is -2.95. The molecule has 1 fully saturated rings. The fraction of sp³-hybridized carbons (Fsp3) is 0.538. The van der Waals surface area contributed by atoms with Gasteiger partial charge in [0, 0.05) is 12.0 Å². The molecule has 1 aliphatic rings. The van der Waals surface area contributed by atoms with E-state index in [0.29, 0.717) is 18.7 Å². The van der Waals surface area contributed by atoms with Crippen molar-refractivity contribution in [2.75, 3.05) is 18.1 Å². The second-order valence-electron chi connectivity index (χ2n) is 4.99. The van der Waals surface area contributed by atoms with Crippen molar-refractivity contribution in [2.24, 2.45) is 5.73 Å². The van der Waals surface area contributed by atoms with Crippen molar-refractivity contribution in [2.45, 2.75) is 25.2 Å². The van der Waals surface area contributed by atoms with E-state index in [1.807, 2.05) is 31.2 Å². The SMILES string of the molecule is Cc1ccccc1C1(CN)CCCS(=O)(=O)C1. The monoisotopic (exact) mass is 253 g/mol. The van der Waals surface area contributed by atoms with E-state index in [1.54, 1.807) is 0 Å². The molecule has 1 aromatic carbocycles. The number of nitrogens with two attached hydrogens (primary N) is 1. The van der Waals surface area contributed by atoms with Gasteiger partial charge in [-0.2, -0.15) is 0 Å². The molecule has 1 atom stereocenters. The van der Waals surface area contributed by atoms with Gasteiger partial charge in [-0.25, -0.2) is 8.42 Å². The van der Waals surface area contributed by atoms with Gasteiger partial charge >= 0.3 is 0 Å². The molecule has 3 nitrogen and oxygen atoms in total. The molecule has 0 saturated carbocycles. The Morgan fingerprint density at radius 1 is 1.35 bits per heavy atom. The van der Waals surface area contributed by atoms with Crippen molar-refractivity contribution in [3.05, 3.63) is 35.4 Å². The molecule has 2 rings (SSSR count). The van der Waals surface area contributed by atoms with Crippen LogP contribution in [0.2, 0.25) is 0 Å². The van der Waals surface area contributed by atoms with E-state index in [0.717, 1.165) is 17.5 Å². The van der Waals surface area contributed by atoms with E-state index >= 15 is 0 Å². The smallest absolute Gasteiger partial charge is 0.151 e. The molecule has 2 N–H and O–H groups in total. The quantitative estimate of drug-likeness (QED) is 0.866. The lowest BCUT2D eigenvalue weighted by Gasteiger charge is -2.37. The lowest BCUT2D eigenvalue weighted by atomic mass is 9.76. The number of rotatable bonds is 2. The van der Waals surface area contributed by atoms with Crippen LogP contribution in [-0.4, -0.2) is 26.5 Å². The number of aryl methyl sites for hydroxylation is 1. The van der Waals surface area contributed by atoms with E-state index in [9.17, 15) is 8.42 Å². The van der Waals surface area contributed by atoms with E-state index in [1.165, 1.54) is 0 Å². The summed E-state index contributed by atoms with van der Waals surface area (Å²) in [6.45, 7) is 2.42. The van der Waals surface area contributed by atoms with E-state index in [2.05, 4.69) is 0 Å². The minimum absolute atomic E-state index is 0.196. The largest absolute Gasteiger partial charge is 0.330 e.